The zero-order valence-electron chi connectivity index (χ0n) is 14.1. The average molecular weight is 517 g/mol. The lowest BCUT2D eigenvalue weighted by Gasteiger charge is -2.13. The molecule has 2 N–H and O–H groups in total. The normalized spacial score (nSPS) is 10.9. The topological polar surface area (TPSA) is 70.9 Å². The second-order valence-corrected chi connectivity index (χ2v) is 7.64. The molecule has 0 aromatic heterocycles. The summed E-state index contributed by atoms with van der Waals surface area (Å²) in [5, 5.41) is 13.8. The summed E-state index contributed by atoms with van der Waals surface area (Å²) < 4.78 is 7.14. The summed E-state index contributed by atoms with van der Waals surface area (Å²) >= 11 is 5.37. The number of ether oxygens (including phenoxy) is 1. The van der Waals surface area contributed by atoms with Gasteiger partial charge in [-0.05, 0) is 72.2 Å². The highest BCUT2D eigenvalue weighted by Crippen LogP contribution is 2.27. The van der Waals surface area contributed by atoms with Crippen molar-refractivity contribution in [3.8, 4) is 11.5 Å². The van der Waals surface area contributed by atoms with Crippen molar-refractivity contribution >= 4 is 50.6 Å². The molecular formula is C18H18BrIN2O3. The number of rotatable bonds is 5. The van der Waals surface area contributed by atoms with Gasteiger partial charge < -0.3 is 9.84 Å². The lowest BCUT2D eigenvalue weighted by atomic mass is 10.1. The zero-order chi connectivity index (χ0) is 18.6. The lowest BCUT2D eigenvalue weighted by molar-refractivity contribution is -0.123. The number of nitrogens with one attached hydrogen (secondary N) is 1. The Kier molecular flexibility index (Phi) is 6.83. The highest BCUT2D eigenvalue weighted by molar-refractivity contribution is 14.1. The third kappa shape index (κ3) is 5.18. The van der Waals surface area contributed by atoms with Crippen LogP contribution in [-0.2, 0) is 4.79 Å². The van der Waals surface area contributed by atoms with Crippen LogP contribution in [0.4, 0.5) is 0 Å². The van der Waals surface area contributed by atoms with Crippen molar-refractivity contribution in [2.24, 2.45) is 5.10 Å². The number of phenolic OH excluding ortho intramolecular Hbond substituents is 1. The molecule has 0 aliphatic carbocycles. The van der Waals surface area contributed by atoms with E-state index in [-0.39, 0.29) is 18.3 Å². The maximum atomic E-state index is 11.9. The lowest BCUT2D eigenvalue weighted by Crippen LogP contribution is -2.25. The third-order valence-electron chi connectivity index (χ3n) is 3.67. The van der Waals surface area contributed by atoms with Crippen molar-refractivity contribution in [2.45, 2.75) is 20.8 Å². The van der Waals surface area contributed by atoms with Crippen molar-refractivity contribution in [1.29, 1.82) is 0 Å². The second-order valence-electron chi connectivity index (χ2n) is 5.56. The number of carbonyl (C=O) groups is 1. The molecule has 7 heteroatoms. The molecule has 132 valence electrons. The quantitative estimate of drug-likeness (QED) is 0.355. The van der Waals surface area contributed by atoms with Gasteiger partial charge in [-0.25, -0.2) is 5.43 Å². The number of aromatic hydroxyl groups is 1. The number of benzene rings is 2. The summed E-state index contributed by atoms with van der Waals surface area (Å²) in [4.78, 5) is 11.9. The van der Waals surface area contributed by atoms with E-state index in [1.165, 1.54) is 6.21 Å². The molecule has 2 aromatic carbocycles. The molecule has 0 unspecified atom stereocenters. The fourth-order valence-corrected chi connectivity index (χ4v) is 3.73. The number of amides is 1. The Morgan fingerprint density at radius 3 is 2.72 bits per heavy atom. The Bertz CT molecular complexity index is 838. The number of aryl methyl sites for hydroxylation is 2. The summed E-state index contributed by atoms with van der Waals surface area (Å²) in [5.74, 6) is 0.461. The largest absolute Gasteiger partial charge is 0.506 e. The fraction of sp³-hybridized carbons (Fsp3) is 0.222. The van der Waals surface area contributed by atoms with Crippen LogP contribution in [0.15, 0.2) is 33.8 Å². The minimum atomic E-state index is -0.374. The third-order valence-corrected chi connectivity index (χ3v) is 4.95. The smallest absolute Gasteiger partial charge is 0.277 e. The number of hydrazone groups is 1. The van der Waals surface area contributed by atoms with Gasteiger partial charge in [0.2, 0.25) is 0 Å². The van der Waals surface area contributed by atoms with Gasteiger partial charge in [-0.1, -0.05) is 28.1 Å². The molecule has 0 aliphatic rings. The molecule has 0 saturated carbocycles. The Balaban J connectivity index is 1.97. The summed E-state index contributed by atoms with van der Waals surface area (Å²) in [6.07, 6.45) is 1.39. The Morgan fingerprint density at radius 2 is 2.00 bits per heavy atom. The van der Waals surface area contributed by atoms with Crippen molar-refractivity contribution in [3.05, 3.63) is 54.6 Å². The summed E-state index contributed by atoms with van der Waals surface area (Å²) in [6.45, 7) is 5.77. The van der Waals surface area contributed by atoms with Gasteiger partial charge in [0.15, 0.2) is 6.61 Å². The van der Waals surface area contributed by atoms with Gasteiger partial charge in [-0.2, -0.15) is 5.10 Å². The predicted molar refractivity (Wildman–Crippen MR) is 110 cm³/mol. The van der Waals surface area contributed by atoms with Crippen LogP contribution in [0.25, 0.3) is 0 Å². The van der Waals surface area contributed by atoms with Gasteiger partial charge in [-0.3, -0.25) is 4.79 Å². The molecular weight excluding hydrogens is 499 g/mol. The molecule has 2 aromatic rings. The van der Waals surface area contributed by atoms with Crippen molar-refractivity contribution in [2.75, 3.05) is 6.61 Å². The Hall–Kier alpha value is -1.61. The van der Waals surface area contributed by atoms with E-state index in [9.17, 15) is 9.90 Å². The van der Waals surface area contributed by atoms with Crippen LogP contribution in [-0.4, -0.2) is 23.8 Å². The van der Waals surface area contributed by atoms with Crippen LogP contribution in [0.2, 0.25) is 0 Å². The van der Waals surface area contributed by atoms with Gasteiger partial charge in [-0.15, -0.1) is 0 Å². The molecule has 0 aliphatic heterocycles. The maximum absolute atomic E-state index is 11.9. The van der Waals surface area contributed by atoms with E-state index in [2.05, 4.69) is 26.5 Å². The van der Waals surface area contributed by atoms with Crippen LogP contribution in [0.3, 0.4) is 0 Å². The average Bonchev–Trinajstić information content (AvgIpc) is 2.55. The van der Waals surface area contributed by atoms with E-state index in [0.717, 1.165) is 26.9 Å². The van der Waals surface area contributed by atoms with E-state index < -0.39 is 0 Å². The van der Waals surface area contributed by atoms with E-state index in [0.29, 0.717) is 9.13 Å². The highest BCUT2D eigenvalue weighted by Gasteiger charge is 2.09. The zero-order valence-corrected chi connectivity index (χ0v) is 17.8. The van der Waals surface area contributed by atoms with E-state index >= 15 is 0 Å². The highest BCUT2D eigenvalue weighted by atomic mass is 127. The first-order valence-corrected chi connectivity index (χ1v) is 9.36. The van der Waals surface area contributed by atoms with Crippen LogP contribution >= 0.6 is 38.5 Å². The first kappa shape index (κ1) is 19.7. The molecule has 25 heavy (non-hydrogen) atoms. The van der Waals surface area contributed by atoms with Crippen molar-refractivity contribution in [1.82, 2.24) is 5.43 Å². The molecule has 2 rings (SSSR count). The molecule has 0 atom stereocenters. The molecule has 0 spiro atoms. The Labute approximate surface area is 168 Å². The number of hydrogen-bond donors (Lipinski definition) is 2. The van der Waals surface area contributed by atoms with Gasteiger partial charge in [0, 0.05) is 10.0 Å². The molecule has 1 amide bonds. The second kappa shape index (κ2) is 8.66. The van der Waals surface area contributed by atoms with E-state index in [4.69, 9.17) is 4.74 Å². The number of hydrogen-bond acceptors (Lipinski definition) is 4. The van der Waals surface area contributed by atoms with Crippen LogP contribution in [0.1, 0.15) is 22.3 Å². The van der Waals surface area contributed by atoms with Gasteiger partial charge >= 0.3 is 0 Å². The summed E-state index contributed by atoms with van der Waals surface area (Å²) in [6, 6.07) is 7.48. The number of halogens is 2. The fourth-order valence-electron chi connectivity index (χ4n) is 2.18. The van der Waals surface area contributed by atoms with Gasteiger partial charge in [0.05, 0.1) is 9.78 Å². The predicted octanol–water partition coefficient (Wildman–Crippen LogP) is 4.21. The number of carbonyl (C=O) groups excluding carboxylic acids is 1. The Morgan fingerprint density at radius 1 is 1.32 bits per heavy atom. The van der Waals surface area contributed by atoms with Gasteiger partial charge in [0.1, 0.15) is 11.5 Å². The molecule has 5 nitrogen and oxygen atoms in total. The van der Waals surface area contributed by atoms with Gasteiger partial charge in [0.25, 0.3) is 5.91 Å². The number of nitrogens with zero attached hydrogens (tertiary/aromatic N) is 1. The van der Waals surface area contributed by atoms with E-state index in [1.54, 1.807) is 12.1 Å². The molecule has 0 saturated heterocycles. The van der Waals surface area contributed by atoms with Crippen molar-refractivity contribution < 1.29 is 14.6 Å². The minimum Gasteiger partial charge on any atom is -0.506 e. The summed E-state index contributed by atoms with van der Waals surface area (Å²) in [5.41, 5.74) is 6.01. The first-order valence-electron chi connectivity index (χ1n) is 7.49. The minimum absolute atomic E-state index is 0.115. The maximum Gasteiger partial charge on any atom is 0.277 e. The van der Waals surface area contributed by atoms with Crippen LogP contribution < -0.4 is 10.2 Å². The monoisotopic (exact) mass is 516 g/mol. The van der Waals surface area contributed by atoms with Crippen LogP contribution in [0, 0.1) is 24.3 Å². The SMILES string of the molecule is Cc1ccc(C)c(OCC(=O)NN=Cc2cc(Br)cc(I)c2O)c1C. The van der Waals surface area contributed by atoms with Crippen LogP contribution in [0.5, 0.6) is 11.5 Å². The van der Waals surface area contributed by atoms with Crippen molar-refractivity contribution in [3.63, 3.8) is 0 Å². The standard InChI is InChI=1S/C18H18BrIN2O3/c1-10-4-5-11(2)18(12(10)3)25-9-16(23)22-21-8-13-6-14(19)7-15(20)17(13)24/h4-8,24H,9H2,1-3H3,(H,22,23). The summed E-state index contributed by atoms with van der Waals surface area (Å²) in [7, 11) is 0. The molecule has 0 fully saturated rings. The molecule has 0 heterocycles. The van der Waals surface area contributed by atoms with E-state index in [1.807, 2.05) is 55.5 Å². The molecule has 0 radical (unpaired) electrons. The number of phenols is 1. The molecule has 0 bridgehead atoms. The first-order chi connectivity index (χ1) is 11.8.